The summed E-state index contributed by atoms with van der Waals surface area (Å²) in [6.45, 7) is 6.21. The fraction of sp³-hybridized carbons (Fsp3) is 0.556. The van der Waals surface area contributed by atoms with Crippen molar-refractivity contribution >= 4 is 11.9 Å². The molecule has 0 radical (unpaired) electrons. The molecule has 0 saturated carbocycles. The summed E-state index contributed by atoms with van der Waals surface area (Å²) in [5.41, 5.74) is 2.60. The second kappa shape index (κ2) is 6.32. The molecular weight excluding hydrogens is 294 g/mol. The molecule has 2 unspecified atom stereocenters. The molecular formula is C18H23NO4. The molecule has 0 N–H and O–H groups in total. The molecule has 1 aliphatic heterocycles. The van der Waals surface area contributed by atoms with Gasteiger partial charge in [-0.2, -0.15) is 0 Å². The number of aryl methyl sites for hydroxylation is 1. The van der Waals surface area contributed by atoms with Gasteiger partial charge in [0.15, 0.2) is 6.10 Å². The highest BCUT2D eigenvalue weighted by molar-refractivity contribution is 5.83. The van der Waals surface area contributed by atoms with E-state index in [4.69, 9.17) is 9.47 Å². The summed E-state index contributed by atoms with van der Waals surface area (Å²) in [5.74, 6) is 0.534. The second-order valence-corrected chi connectivity index (χ2v) is 6.66. The standard InChI is InChI=1S/C18H23NO4/c1-11(2)19-9-16(22-10-17(19)20)18(21)23-14-7-6-13-5-4-12(3)15(13)8-14/h6-8,11-12,16H,4-5,9-10H2,1-3H3. The Balaban J connectivity index is 1.68. The Morgan fingerprint density at radius 1 is 1.39 bits per heavy atom. The summed E-state index contributed by atoms with van der Waals surface area (Å²) in [5, 5.41) is 0. The monoisotopic (exact) mass is 317 g/mol. The van der Waals surface area contributed by atoms with Crippen molar-refractivity contribution < 1.29 is 19.1 Å². The van der Waals surface area contributed by atoms with E-state index in [1.807, 2.05) is 32.0 Å². The fourth-order valence-corrected chi connectivity index (χ4v) is 3.26. The number of morpholine rings is 1. The number of amides is 1. The van der Waals surface area contributed by atoms with Crippen LogP contribution in [0, 0.1) is 0 Å². The van der Waals surface area contributed by atoms with E-state index in [0.29, 0.717) is 11.7 Å². The molecule has 1 aromatic carbocycles. The normalized spacial score (nSPS) is 24.0. The summed E-state index contributed by atoms with van der Waals surface area (Å²) in [7, 11) is 0. The van der Waals surface area contributed by atoms with Gasteiger partial charge < -0.3 is 14.4 Å². The highest BCUT2D eigenvalue weighted by Gasteiger charge is 2.33. The van der Waals surface area contributed by atoms with Crippen molar-refractivity contribution in [1.82, 2.24) is 4.90 Å². The SMILES string of the molecule is CC1CCc2ccc(OC(=O)C3CN(C(C)C)C(=O)CO3)cc21. The van der Waals surface area contributed by atoms with Crippen LogP contribution in [0.3, 0.4) is 0 Å². The first-order chi connectivity index (χ1) is 11.0. The number of benzene rings is 1. The Morgan fingerprint density at radius 3 is 2.91 bits per heavy atom. The predicted molar refractivity (Wildman–Crippen MR) is 85.4 cm³/mol. The lowest BCUT2D eigenvalue weighted by atomic mass is 10.0. The lowest BCUT2D eigenvalue weighted by Crippen LogP contribution is -2.52. The third kappa shape index (κ3) is 3.24. The van der Waals surface area contributed by atoms with E-state index in [0.717, 1.165) is 12.8 Å². The van der Waals surface area contributed by atoms with Gasteiger partial charge in [-0.15, -0.1) is 0 Å². The van der Waals surface area contributed by atoms with Crippen LogP contribution in [0.5, 0.6) is 5.75 Å². The zero-order chi connectivity index (χ0) is 16.6. The van der Waals surface area contributed by atoms with Crippen LogP contribution in [-0.4, -0.2) is 42.1 Å². The molecule has 5 nitrogen and oxygen atoms in total. The molecule has 1 saturated heterocycles. The van der Waals surface area contributed by atoms with E-state index in [1.54, 1.807) is 4.90 Å². The minimum absolute atomic E-state index is 0.0440. The largest absolute Gasteiger partial charge is 0.425 e. The predicted octanol–water partition coefficient (Wildman–Crippen LogP) is 2.28. The Hall–Kier alpha value is -1.88. The second-order valence-electron chi connectivity index (χ2n) is 6.66. The first kappa shape index (κ1) is 16.0. The van der Waals surface area contributed by atoms with Gasteiger partial charge in [0.2, 0.25) is 5.91 Å². The van der Waals surface area contributed by atoms with Crippen LogP contribution in [0.15, 0.2) is 18.2 Å². The number of rotatable bonds is 3. The maximum atomic E-state index is 12.3. The van der Waals surface area contributed by atoms with Crippen LogP contribution >= 0.6 is 0 Å². The van der Waals surface area contributed by atoms with Crippen molar-refractivity contribution in [3.05, 3.63) is 29.3 Å². The number of esters is 1. The molecule has 0 bridgehead atoms. The van der Waals surface area contributed by atoms with Crippen molar-refractivity contribution in [1.29, 1.82) is 0 Å². The van der Waals surface area contributed by atoms with Crippen LogP contribution in [0.2, 0.25) is 0 Å². The van der Waals surface area contributed by atoms with Gasteiger partial charge in [-0.1, -0.05) is 13.0 Å². The summed E-state index contributed by atoms with van der Waals surface area (Å²) in [4.78, 5) is 25.8. The summed E-state index contributed by atoms with van der Waals surface area (Å²) < 4.78 is 10.8. The van der Waals surface area contributed by atoms with Gasteiger partial charge in [0.25, 0.3) is 0 Å². The minimum atomic E-state index is -0.722. The minimum Gasteiger partial charge on any atom is -0.425 e. The fourth-order valence-electron chi connectivity index (χ4n) is 3.26. The molecule has 0 spiro atoms. The van der Waals surface area contributed by atoms with Crippen molar-refractivity contribution in [2.24, 2.45) is 0 Å². The third-order valence-electron chi connectivity index (χ3n) is 4.69. The van der Waals surface area contributed by atoms with Crippen LogP contribution in [0.1, 0.15) is 44.2 Å². The zero-order valence-corrected chi connectivity index (χ0v) is 13.9. The first-order valence-electron chi connectivity index (χ1n) is 8.21. The Morgan fingerprint density at radius 2 is 2.17 bits per heavy atom. The van der Waals surface area contributed by atoms with Gasteiger partial charge in [0, 0.05) is 6.04 Å². The molecule has 124 valence electrons. The van der Waals surface area contributed by atoms with Gasteiger partial charge in [0.05, 0.1) is 6.54 Å². The number of hydrogen-bond acceptors (Lipinski definition) is 4. The number of ether oxygens (including phenoxy) is 2. The number of hydrogen-bond donors (Lipinski definition) is 0. The zero-order valence-electron chi connectivity index (χ0n) is 13.9. The number of nitrogens with zero attached hydrogens (tertiary/aromatic N) is 1. The molecule has 23 heavy (non-hydrogen) atoms. The molecule has 1 aliphatic carbocycles. The molecule has 2 aliphatic rings. The number of carbonyl (C=O) groups is 2. The molecule has 5 heteroatoms. The highest BCUT2D eigenvalue weighted by atomic mass is 16.6. The van der Waals surface area contributed by atoms with E-state index in [-0.39, 0.29) is 25.1 Å². The molecule has 1 fully saturated rings. The van der Waals surface area contributed by atoms with Crippen molar-refractivity contribution in [3.63, 3.8) is 0 Å². The van der Waals surface area contributed by atoms with Gasteiger partial charge in [0.1, 0.15) is 12.4 Å². The maximum Gasteiger partial charge on any atom is 0.342 e. The quantitative estimate of drug-likeness (QED) is 0.634. The summed E-state index contributed by atoms with van der Waals surface area (Å²) in [6, 6.07) is 5.87. The average Bonchev–Trinajstić information content (AvgIpc) is 2.88. The molecule has 2 atom stereocenters. The maximum absolute atomic E-state index is 12.3. The lowest BCUT2D eigenvalue weighted by Gasteiger charge is -2.34. The third-order valence-corrected chi connectivity index (χ3v) is 4.69. The van der Waals surface area contributed by atoms with Crippen molar-refractivity contribution in [3.8, 4) is 5.75 Å². The molecule has 0 aromatic heterocycles. The molecule has 1 heterocycles. The van der Waals surface area contributed by atoms with Crippen molar-refractivity contribution in [2.45, 2.75) is 51.7 Å². The molecule has 1 aromatic rings. The van der Waals surface area contributed by atoms with Gasteiger partial charge in [-0.25, -0.2) is 4.79 Å². The molecule has 1 amide bonds. The lowest BCUT2D eigenvalue weighted by molar-refractivity contribution is -0.164. The van der Waals surface area contributed by atoms with E-state index < -0.39 is 12.1 Å². The van der Waals surface area contributed by atoms with Gasteiger partial charge in [-0.05, 0) is 55.9 Å². The Bertz CT molecular complexity index is 625. The van der Waals surface area contributed by atoms with Gasteiger partial charge >= 0.3 is 5.97 Å². The number of fused-ring (bicyclic) bond motifs is 1. The highest BCUT2D eigenvalue weighted by Crippen LogP contribution is 2.35. The van der Waals surface area contributed by atoms with E-state index >= 15 is 0 Å². The Kier molecular flexibility index (Phi) is 4.39. The van der Waals surface area contributed by atoms with E-state index in [9.17, 15) is 9.59 Å². The van der Waals surface area contributed by atoms with Crippen LogP contribution in [-0.2, 0) is 20.7 Å². The smallest absolute Gasteiger partial charge is 0.342 e. The van der Waals surface area contributed by atoms with E-state index in [2.05, 4.69) is 6.92 Å². The topological polar surface area (TPSA) is 55.8 Å². The molecule has 3 rings (SSSR count). The van der Waals surface area contributed by atoms with Crippen molar-refractivity contribution in [2.75, 3.05) is 13.2 Å². The van der Waals surface area contributed by atoms with Crippen LogP contribution in [0.4, 0.5) is 0 Å². The van der Waals surface area contributed by atoms with Crippen LogP contribution in [0.25, 0.3) is 0 Å². The average molecular weight is 317 g/mol. The van der Waals surface area contributed by atoms with E-state index in [1.165, 1.54) is 11.1 Å². The first-order valence-corrected chi connectivity index (χ1v) is 8.21. The summed E-state index contributed by atoms with van der Waals surface area (Å²) in [6.07, 6.45) is 1.51. The number of carbonyl (C=O) groups excluding carboxylic acids is 2. The van der Waals surface area contributed by atoms with Crippen LogP contribution < -0.4 is 4.74 Å². The summed E-state index contributed by atoms with van der Waals surface area (Å²) >= 11 is 0. The van der Waals surface area contributed by atoms with Gasteiger partial charge in [-0.3, -0.25) is 4.79 Å². The Labute approximate surface area is 136 Å².